The predicted molar refractivity (Wildman–Crippen MR) is 67.8 cm³/mol. The molecule has 0 spiro atoms. The van der Waals surface area contributed by atoms with E-state index in [0.29, 0.717) is 0 Å². The fourth-order valence-corrected chi connectivity index (χ4v) is 2.61. The molecule has 52 valence electrons. The molecular weight excluding hydrogens is 417 g/mol. The van der Waals surface area contributed by atoms with Crippen molar-refractivity contribution >= 4 is 74.4 Å². The summed E-state index contributed by atoms with van der Waals surface area (Å²) in [7, 11) is 2.11. The summed E-state index contributed by atoms with van der Waals surface area (Å²) in [4.78, 5) is 0. The van der Waals surface area contributed by atoms with Crippen LogP contribution < -0.4 is 5.46 Å². The molecule has 0 saturated heterocycles. The Morgan fingerprint density at radius 1 is 1.20 bits per heavy atom. The summed E-state index contributed by atoms with van der Waals surface area (Å²) in [5, 5.41) is 0. The third kappa shape index (κ3) is 2.10. The lowest BCUT2D eigenvalue weighted by Crippen LogP contribution is -2.07. The maximum Gasteiger partial charge on any atom is 0.140 e. The van der Waals surface area contributed by atoms with Gasteiger partial charge >= 0.3 is 0 Å². The number of halogens is 3. The first-order valence-corrected chi connectivity index (χ1v) is 5.67. The average Bonchev–Trinajstić information content (AvgIpc) is 1.84. The first-order valence-electron chi connectivity index (χ1n) is 2.72. The molecule has 0 saturated carbocycles. The second-order valence-corrected chi connectivity index (χ2v) is 5.19. The molecule has 0 amide bonds. The fourth-order valence-electron chi connectivity index (χ4n) is 0.622. The Labute approximate surface area is 97.0 Å². The second-order valence-electron chi connectivity index (χ2n) is 2.02. The summed E-state index contributed by atoms with van der Waals surface area (Å²) in [6.07, 6.45) is 0. The Balaban J connectivity index is 3.28. The van der Waals surface area contributed by atoms with E-state index in [0.717, 1.165) is 0 Å². The summed E-state index contributed by atoms with van der Waals surface area (Å²) in [6.45, 7) is 0. The monoisotopic (exact) mass is 420 g/mol. The van der Waals surface area contributed by atoms with Crippen LogP contribution in [0.4, 0.5) is 0 Å². The Kier molecular flexibility index (Phi) is 3.50. The van der Waals surface area contributed by atoms with Crippen LogP contribution in [-0.2, 0) is 0 Å². The van der Waals surface area contributed by atoms with Crippen LogP contribution in [0.3, 0.4) is 0 Å². The molecule has 1 aromatic rings. The number of hydrogen-bond donors (Lipinski definition) is 0. The highest BCUT2D eigenvalue weighted by atomic mass is 127. The van der Waals surface area contributed by atoms with E-state index in [9.17, 15) is 0 Å². The van der Waals surface area contributed by atoms with Gasteiger partial charge in [-0.05, 0) is 67.2 Å². The molecule has 0 aliphatic carbocycles. The molecule has 1 aromatic carbocycles. The van der Waals surface area contributed by atoms with Crippen molar-refractivity contribution in [1.29, 1.82) is 0 Å². The summed E-state index contributed by atoms with van der Waals surface area (Å²) in [5.74, 6) is 0. The van der Waals surface area contributed by atoms with Crippen molar-refractivity contribution in [2.24, 2.45) is 0 Å². The van der Waals surface area contributed by atoms with Gasteiger partial charge in [0.25, 0.3) is 0 Å². The van der Waals surface area contributed by atoms with Gasteiger partial charge in [-0.1, -0.05) is 11.5 Å². The molecule has 0 unspecified atom stereocenters. The maximum absolute atomic E-state index is 3.47. The van der Waals surface area contributed by atoms with Crippen LogP contribution in [-0.4, -0.2) is 7.85 Å². The van der Waals surface area contributed by atoms with E-state index in [1.165, 1.54) is 17.1 Å². The highest BCUT2D eigenvalue weighted by Crippen LogP contribution is 2.19. The zero-order valence-corrected chi connectivity index (χ0v) is 11.2. The molecule has 0 fully saturated rings. The second kappa shape index (κ2) is 3.75. The first-order chi connectivity index (χ1) is 4.61. The Bertz CT molecular complexity index is 212. The van der Waals surface area contributed by atoms with Gasteiger partial charge in [0.05, 0.1) is 0 Å². The molecule has 0 nitrogen and oxygen atoms in total. The minimum absolute atomic E-state index is 1.19. The largest absolute Gasteiger partial charge is 0.140 e. The molecule has 0 bridgehead atoms. The number of hydrogen-bond acceptors (Lipinski definition) is 0. The third-order valence-electron chi connectivity index (χ3n) is 1.20. The quantitative estimate of drug-likeness (QED) is 0.342. The van der Waals surface area contributed by atoms with Crippen LogP contribution in [0.5, 0.6) is 0 Å². The van der Waals surface area contributed by atoms with Crippen LogP contribution >= 0.6 is 61.1 Å². The lowest BCUT2D eigenvalue weighted by Gasteiger charge is -2.00. The van der Waals surface area contributed by atoms with E-state index in [4.69, 9.17) is 0 Å². The van der Waals surface area contributed by atoms with Gasteiger partial charge in [0.1, 0.15) is 7.85 Å². The molecule has 10 heavy (non-hydrogen) atoms. The van der Waals surface area contributed by atoms with Crippen molar-refractivity contribution in [2.45, 2.75) is 0 Å². The molecule has 0 heterocycles. The maximum atomic E-state index is 3.47. The zero-order chi connectivity index (χ0) is 7.72. The van der Waals surface area contributed by atoms with Crippen LogP contribution in [0, 0.1) is 7.14 Å². The van der Waals surface area contributed by atoms with Gasteiger partial charge in [-0.3, -0.25) is 0 Å². The zero-order valence-electron chi connectivity index (χ0n) is 5.29. The van der Waals surface area contributed by atoms with Crippen LogP contribution in [0.25, 0.3) is 0 Å². The molecule has 0 atom stereocenters. The molecule has 1 rings (SSSR count). The molecule has 0 N–H and O–H groups in total. The van der Waals surface area contributed by atoms with Gasteiger partial charge in [0, 0.05) is 11.6 Å². The van der Waals surface area contributed by atoms with Gasteiger partial charge < -0.3 is 0 Å². The number of benzene rings is 1. The minimum atomic E-state index is 1.19. The topological polar surface area (TPSA) is 0 Å². The van der Waals surface area contributed by atoms with Crippen molar-refractivity contribution in [3.63, 3.8) is 0 Å². The van der Waals surface area contributed by atoms with Crippen molar-refractivity contribution in [3.8, 4) is 0 Å². The molecular formula is C6H4BBrI2. The van der Waals surface area contributed by atoms with E-state index in [-0.39, 0.29) is 0 Å². The summed E-state index contributed by atoms with van der Waals surface area (Å²) in [6, 6.07) is 4.31. The Morgan fingerprint density at radius 3 is 2.30 bits per heavy atom. The third-order valence-corrected chi connectivity index (χ3v) is 4.65. The van der Waals surface area contributed by atoms with Gasteiger partial charge in [-0.15, -0.1) is 0 Å². The standard InChI is InChI=1S/C6H4BBrI2/c7-3-1-4(8)6(10)2-5(3)9/h1-2H,7H2. The smallest absolute Gasteiger partial charge is 0.0747 e. The summed E-state index contributed by atoms with van der Waals surface area (Å²) >= 11 is 8.13. The van der Waals surface area contributed by atoms with Gasteiger partial charge in [0.2, 0.25) is 0 Å². The molecule has 0 radical (unpaired) electrons. The molecule has 0 aromatic heterocycles. The Hall–Kier alpha value is 1.22. The summed E-state index contributed by atoms with van der Waals surface area (Å²) in [5.41, 5.74) is 1.33. The van der Waals surface area contributed by atoms with Crippen molar-refractivity contribution in [3.05, 3.63) is 23.7 Å². The van der Waals surface area contributed by atoms with Crippen molar-refractivity contribution in [2.75, 3.05) is 0 Å². The van der Waals surface area contributed by atoms with Crippen molar-refractivity contribution in [1.82, 2.24) is 0 Å². The van der Waals surface area contributed by atoms with E-state index in [1.807, 2.05) is 0 Å². The first kappa shape index (κ1) is 9.31. The summed E-state index contributed by atoms with van der Waals surface area (Å²) < 4.78 is 3.78. The minimum Gasteiger partial charge on any atom is -0.0747 e. The molecule has 0 aliphatic heterocycles. The Morgan fingerprint density at radius 2 is 1.80 bits per heavy atom. The van der Waals surface area contributed by atoms with E-state index >= 15 is 0 Å². The highest BCUT2D eigenvalue weighted by molar-refractivity contribution is 14.1. The SMILES string of the molecule is Bc1cc(Br)c(I)cc1I. The average molecular weight is 421 g/mol. The van der Waals surface area contributed by atoms with Crippen molar-refractivity contribution < 1.29 is 0 Å². The predicted octanol–water partition coefficient (Wildman–Crippen LogP) is 1.92. The lowest BCUT2D eigenvalue weighted by atomic mass is 9.97. The van der Waals surface area contributed by atoms with E-state index in [2.05, 4.69) is 81.1 Å². The molecule has 4 heteroatoms. The lowest BCUT2D eigenvalue weighted by molar-refractivity contribution is 1.59. The molecule has 0 aliphatic rings. The van der Waals surface area contributed by atoms with Gasteiger partial charge in [0.15, 0.2) is 0 Å². The van der Waals surface area contributed by atoms with Gasteiger partial charge in [-0.2, -0.15) is 0 Å². The van der Waals surface area contributed by atoms with Gasteiger partial charge in [-0.25, -0.2) is 0 Å². The van der Waals surface area contributed by atoms with E-state index < -0.39 is 0 Å². The fraction of sp³-hybridized carbons (Fsp3) is 0. The highest BCUT2D eigenvalue weighted by Gasteiger charge is 1.99. The van der Waals surface area contributed by atoms with E-state index in [1.54, 1.807) is 0 Å². The van der Waals surface area contributed by atoms with Crippen LogP contribution in [0.15, 0.2) is 16.6 Å². The normalized spacial score (nSPS) is 9.90. The van der Waals surface area contributed by atoms with Crippen LogP contribution in [0.2, 0.25) is 0 Å². The number of rotatable bonds is 0. The van der Waals surface area contributed by atoms with Crippen LogP contribution in [0.1, 0.15) is 0 Å².